The molecule has 1 saturated heterocycles. The first kappa shape index (κ1) is 18.5. The number of hydrogen-bond donors (Lipinski definition) is 1. The number of aliphatic hydroxyl groups is 1. The summed E-state index contributed by atoms with van der Waals surface area (Å²) < 4.78 is 10.9. The summed E-state index contributed by atoms with van der Waals surface area (Å²) in [6, 6.07) is 16.1. The third-order valence-electron chi connectivity index (χ3n) is 4.69. The van der Waals surface area contributed by atoms with Crippen LogP contribution in [-0.2, 0) is 0 Å². The molecular formula is C21H28N2O3. The van der Waals surface area contributed by atoms with Gasteiger partial charge in [0.15, 0.2) is 0 Å². The lowest BCUT2D eigenvalue weighted by Crippen LogP contribution is -2.49. The van der Waals surface area contributed by atoms with Gasteiger partial charge in [0.05, 0.1) is 7.11 Å². The fourth-order valence-electron chi connectivity index (χ4n) is 3.25. The first-order valence-electron chi connectivity index (χ1n) is 9.13. The lowest BCUT2D eigenvalue weighted by molar-refractivity contribution is 0.0662. The van der Waals surface area contributed by atoms with Gasteiger partial charge in [0, 0.05) is 44.5 Å². The lowest BCUT2D eigenvalue weighted by Gasteiger charge is -2.37. The number of benzene rings is 2. The summed E-state index contributed by atoms with van der Waals surface area (Å²) in [7, 11) is 1.63. The Labute approximate surface area is 155 Å². The van der Waals surface area contributed by atoms with Gasteiger partial charge in [-0.05, 0) is 36.8 Å². The zero-order chi connectivity index (χ0) is 18.4. The van der Waals surface area contributed by atoms with Crippen molar-refractivity contribution >= 4 is 5.69 Å². The highest BCUT2D eigenvalue weighted by Gasteiger charge is 2.19. The second kappa shape index (κ2) is 8.92. The number of anilines is 1. The Hall–Kier alpha value is -2.24. The molecule has 1 aliphatic rings. The van der Waals surface area contributed by atoms with Crippen molar-refractivity contribution in [1.82, 2.24) is 4.90 Å². The summed E-state index contributed by atoms with van der Waals surface area (Å²) in [4.78, 5) is 4.70. The third-order valence-corrected chi connectivity index (χ3v) is 4.69. The molecule has 1 heterocycles. The standard InChI is InChI=1S/C21H28N2O3/c1-17-5-3-6-18(13-17)23-11-9-22(10-12-23)15-19(24)16-26-21-8-4-7-20(14-21)25-2/h3-8,13-14,19,24H,9-12,15-16H2,1-2H3. The second-order valence-electron chi connectivity index (χ2n) is 6.77. The van der Waals surface area contributed by atoms with E-state index in [-0.39, 0.29) is 6.61 Å². The highest BCUT2D eigenvalue weighted by Crippen LogP contribution is 2.20. The first-order chi connectivity index (χ1) is 12.6. The van der Waals surface area contributed by atoms with Crippen LogP contribution in [0.1, 0.15) is 5.56 Å². The zero-order valence-corrected chi connectivity index (χ0v) is 15.6. The van der Waals surface area contributed by atoms with Crippen molar-refractivity contribution in [2.45, 2.75) is 13.0 Å². The van der Waals surface area contributed by atoms with Crippen molar-refractivity contribution in [3.05, 3.63) is 54.1 Å². The summed E-state index contributed by atoms with van der Waals surface area (Å²) in [6.07, 6.45) is -0.508. The Bertz CT molecular complexity index is 699. The van der Waals surface area contributed by atoms with E-state index in [0.717, 1.165) is 31.9 Å². The topological polar surface area (TPSA) is 45.2 Å². The van der Waals surface area contributed by atoms with Crippen molar-refractivity contribution in [3.8, 4) is 11.5 Å². The second-order valence-corrected chi connectivity index (χ2v) is 6.77. The van der Waals surface area contributed by atoms with Gasteiger partial charge in [0.25, 0.3) is 0 Å². The maximum absolute atomic E-state index is 10.3. The fraction of sp³-hybridized carbons (Fsp3) is 0.429. The van der Waals surface area contributed by atoms with Gasteiger partial charge in [-0.15, -0.1) is 0 Å². The maximum atomic E-state index is 10.3. The van der Waals surface area contributed by atoms with E-state index in [1.807, 2.05) is 24.3 Å². The highest BCUT2D eigenvalue weighted by atomic mass is 16.5. The molecular weight excluding hydrogens is 328 g/mol. The predicted molar refractivity (Wildman–Crippen MR) is 104 cm³/mol. The summed E-state index contributed by atoms with van der Waals surface area (Å²) in [5.74, 6) is 1.47. The summed E-state index contributed by atoms with van der Waals surface area (Å²) in [5.41, 5.74) is 2.57. The van der Waals surface area contributed by atoms with Crippen LogP contribution in [0.5, 0.6) is 11.5 Å². The predicted octanol–water partition coefficient (Wildman–Crippen LogP) is 2.57. The monoisotopic (exact) mass is 356 g/mol. The minimum atomic E-state index is -0.508. The van der Waals surface area contributed by atoms with E-state index in [1.165, 1.54) is 11.3 Å². The number of piperazine rings is 1. The van der Waals surface area contributed by atoms with Gasteiger partial charge in [-0.3, -0.25) is 4.90 Å². The zero-order valence-electron chi connectivity index (χ0n) is 15.6. The van der Waals surface area contributed by atoms with E-state index in [1.54, 1.807) is 7.11 Å². The van der Waals surface area contributed by atoms with Gasteiger partial charge in [0.1, 0.15) is 24.2 Å². The Balaban J connectivity index is 1.42. The Morgan fingerprint density at radius 2 is 1.73 bits per heavy atom. The SMILES string of the molecule is COc1cccc(OCC(O)CN2CCN(c3cccc(C)c3)CC2)c1. The molecule has 140 valence electrons. The van der Waals surface area contributed by atoms with Crippen molar-refractivity contribution in [2.24, 2.45) is 0 Å². The Morgan fingerprint density at radius 3 is 2.46 bits per heavy atom. The Morgan fingerprint density at radius 1 is 1.00 bits per heavy atom. The van der Waals surface area contributed by atoms with Crippen LogP contribution in [0.4, 0.5) is 5.69 Å². The van der Waals surface area contributed by atoms with Gasteiger partial charge in [0.2, 0.25) is 0 Å². The molecule has 3 rings (SSSR count). The van der Waals surface area contributed by atoms with Crippen molar-refractivity contribution in [3.63, 3.8) is 0 Å². The molecule has 2 aromatic rings. The van der Waals surface area contributed by atoms with Crippen LogP contribution in [0.2, 0.25) is 0 Å². The molecule has 1 fully saturated rings. The van der Waals surface area contributed by atoms with E-state index >= 15 is 0 Å². The molecule has 1 unspecified atom stereocenters. The number of β-amino-alcohol motifs (C(OH)–C–C–N with tert-alkyl or cyclic N) is 1. The number of methoxy groups -OCH3 is 1. The Kier molecular flexibility index (Phi) is 6.36. The van der Waals surface area contributed by atoms with Gasteiger partial charge in [-0.2, -0.15) is 0 Å². The van der Waals surface area contributed by atoms with Gasteiger partial charge in [-0.1, -0.05) is 18.2 Å². The number of aliphatic hydroxyl groups excluding tert-OH is 1. The molecule has 0 amide bonds. The van der Waals surface area contributed by atoms with Crippen molar-refractivity contribution in [2.75, 3.05) is 51.3 Å². The lowest BCUT2D eigenvalue weighted by atomic mass is 10.2. The smallest absolute Gasteiger partial charge is 0.123 e. The van der Waals surface area contributed by atoms with Gasteiger partial charge < -0.3 is 19.5 Å². The number of nitrogens with zero attached hydrogens (tertiary/aromatic N) is 2. The summed E-state index contributed by atoms with van der Waals surface area (Å²) in [6.45, 7) is 6.89. The van der Waals surface area contributed by atoms with E-state index in [0.29, 0.717) is 12.3 Å². The number of rotatable bonds is 7. The number of hydrogen-bond acceptors (Lipinski definition) is 5. The minimum absolute atomic E-state index is 0.283. The molecule has 26 heavy (non-hydrogen) atoms. The van der Waals surface area contributed by atoms with E-state index < -0.39 is 6.10 Å². The average molecular weight is 356 g/mol. The summed E-state index contributed by atoms with van der Waals surface area (Å²) in [5, 5.41) is 10.3. The molecule has 5 nitrogen and oxygen atoms in total. The van der Waals surface area contributed by atoms with Crippen molar-refractivity contribution in [1.29, 1.82) is 0 Å². The number of aryl methyl sites for hydroxylation is 1. The first-order valence-corrected chi connectivity index (χ1v) is 9.13. The van der Waals surface area contributed by atoms with Crippen LogP contribution in [-0.4, -0.2) is 62.6 Å². The fourth-order valence-corrected chi connectivity index (χ4v) is 3.25. The maximum Gasteiger partial charge on any atom is 0.123 e. The minimum Gasteiger partial charge on any atom is -0.497 e. The molecule has 0 aliphatic carbocycles. The molecule has 1 aliphatic heterocycles. The van der Waals surface area contributed by atoms with Crippen LogP contribution in [0, 0.1) is 6.92 Å². The molecule has 2 aromatic carbocycles. The van der Waals surface area contributed by atoms with Crippen LogP contribution in [0.3, 0.4) is 0 Å². The molecule has 0 saturated carbocycles. The van der Waals surface area contributed by atoms with E-state index in [4.69, 9.17) is 9.47 Å². The molecule has 0 spiro atoms. The van der Waals surface area contributed by atoms with Crippen molar-refractivity contribution < 1.29 is 14.6 Å². The van der Waals surface area contributed by atoms with Crippen LogP contribution in [0.25, 0.3) is 0 Å². The van der Waals surface area contributed by atoms with Crippen LogP contribution < -0.4 is 14.4 Å². The molecule has 1 atom stereocenters. The third kappa shape index (κ3) is 5.13. The van der Waals surface area contributed by atoms with Gasteiger partial charge in [-0.25, -0.2) is 0 Å². The van der Waals surface area contributed by atoms with E-state index in [9.17, 15) is 5.11 Å². The quantitative estimate of drug-likeness (QED) is 0.826. The largest absolute Gasteiger partial charge is 0.497 e. The molecule has 0 aromatic heterocycles. The molecule has 1 N–H and O–H groups in total. The highest BCUT2D eigenvalue weighted by molar-refractivity contribution is 5.48. The number of ether oxygens (including phenoxy) is 2. The molecule has 0 radical (unpaired) electrons. The molecule has 0 bridgehead atoms. The average Bonchev–Trinajstić information content (AvgIpc) is 2.67. The normalized spacial score (nSPS) is 16.3. The summed E-state index contributed by atoms with van der Waals surface area (Å²) >= 11 is 0. The van der Waals surface area contributed by atoms with E-state index in [2.05, 4.69) is 41.0 Å². The molecule has 5 heteroatoms. The van der Waals surface area contributed by atoms with Gasteiger partial charge >= 0.3 is 0 Å². The van der Waals surface area contributed by atoms with Crippen LogP contribution in [0.15, 0.2) is 48.5 Å². The van der Waals surface area contributed by atoms with Crippen LogP contribution >= 0.6 is 0 Å².